The van der Waals surface area contributed by atoms with Crippen LogP contribution in [0.2, 0.25) is 0 Å². The van der Waals surface area contributed by atoms with Crippen LogP contribution in [0.5, 0.6) is 0 Å². The van der Waals surface area contributed by atoms with E-state index in [1.54, 1.807) is 13.8 Å². The van der Waals surface area contributed by atoms with Crippen molar-refractivity contribution in [3.8, 4) is 0 Å². The van der Waals surface area contributed by atoms with Gasteiger partial charge in [0.1, 0.15) is 36.3 Å². The molecule has 7 amide bonds. The fraction of sp³-hybridized carbons (Fsp3) is 0.750. The largest absolute Gasteiger partial charge is 0.480 e. The number of nitrogens with two attached hydrogens (primary N) is 2. The van der Waals surface area contributed by atoms with Gasteiger partial charge in [0.2, 0.25) is 41.4 Å². The zero-order valence-electron chi connectivity index (χ0n) is 29.9. The zero-order chi connectivity index (χ0) is 38.1. The second kappa shape index (κ2) is 21.7. The first-order valence-corrected chi connectivity index (χ1v) is 17.1. The molecule has 1 heterocycles. The summed E-state index contributed by atoms with van der Waals surface area (Å²) in [6.45, 7) is 10.7. The number of carbonyl (C=O) groups is 8. The molecule has 1 saturated heterocycles. The maximum Gasteiger partial charge on any atom is 0.326 e. The number of carboxylic acids is 1. The summed E-state index contributed by atoms with van der Waals surface area (Å²) in [7, 11) is 0. The number of rotatable bonds is 22. The van der Waals surface area contributed by atoms with Crippen molar-refractivity contribution in [1.82, 2.24) is 37.2 Å². The summed E-state index contributed by atoms with van der Waals surface area (Å²) < 4.78 is 0. The highest BCUT2D eigenvalue weighted by atomic mass is 16.4. The average molecular weight is 712 g/mol. The second-order valence-electron chi connectivity index (χ2n) is 13.4. The Bertz CT molecular complexity index is 1210. The molecule has 0 aromatic carbocycles. The molecule has 0 radical (unpaired) electrons. The van der Waals surface area contributed by atoms with Gasteiger partial charge in [0.15, 0.2) is 0 Å². The van der Waals surface area contributed by atoms with Crippen LogP contribution in [0.25, 0.3) is 0 Å². The van der Waals surface area contributed by atoms with Crippen molar-refractivity contribution >= 4 is 47.3 Å². The predicted octanol–water partition coefficient (Wildman–Crippen LogP) is -2.52. The zero-order valence-corrected chi connectivity index (χ0v) is 29.9. The highest BCUT2D eigenvalue weighted by molar-refractivity contribution is 5.97. The summed E-state index contributed by atoms with van der Waals surface area (Å²) in [5.74, 6) is -6.43. The van der Waals surface area contributed by atoms with Gasteiger partial charge in [-0.1, -0.05) is 27.7 Å². The maximum atomic E-state index is 13.2. The summed E-state index contributed by atoms with van der Waals surface area (Å²) in [6, 6.07) is -7.40. The Morgan fingerprint density at radius 2 is 1.28 bits per heavy atom. The fourth-order valence-corrected chi connectivity index (χ4v) is 5.15. The monoisotopic (exact) mass is 711 g/mol. The van der Waals surface area contributed by atoms with E-state index in [0.29, 0.717) is 25.8 Å². The van der Waals surface area contributed by atoms with Gasteiger partial charge in [-0.3, -0.25) is 33.6 Å². The van der Waals surface area contributed by atoms with Crippen molar-refractivity contribution in [2.75, 3.05) is 13.1 Å². The standard InChI is InChI=1S/C32H57N9O9/c1-16(2)15-23(40-28(45)20-10-8-14-35-20)30(47)37-18(5)26(43)38-21(11-12-24(34)42)29(46)36-19(6)27(44)41-25(17(3)4)31(48)39-22(32(49)50)9-7-13-33/h16-23,25,35H,7-15,33H2,1-6H3,(H2,34,42)(H,36,46)(H,37,47)(H,38,43)(H,39,48)(H,40,45)(H,41,44)(H,49,50)/t18-,19-,20-,21-,22-,23-,25-/m0/s1. The van der Waals surface area contributed by atoms with Crippen LogP contribution < -0.4 is 48.7 Å². The first-order valence-electron chi connectivity index (χ1n) is 17.1. The van der Waals surface area contributed by atoms with Crippen LogP contribution in [0, 0.1) is 11.8 Å². The van der Waals surface area contributed by atoms with Crippen LogP contribution in [-0.2, 0) is 38.4 Å². The molecule has 1 aliphatic heterocycles. The van der Waals surface area contributed by atoms with Crippen molar-refractivity contribution in [2.24, 2.45) is 23.3 Å². The van der Waals surface area contributed by atoms with Gasteiger partial charge in [0, 0.05) is 6.42 Å². The molecule has 0 spiro atoms. The van der Waals surface area contributed by atoms with E-state index >= 15 is 0 Å². The number of nitrogens with one attached hydrogen (secondary N) is 7. The Hall–Kier alpha value is -4.32. The average Bonchev–Trinajstić information content (AvgIpc) is 3.57. The molecule has 0 saturated carbocycles. The first-order chi connectivity index (χ1) is 23.4. The topological polar surface area (TPSA) is 293 Å². The predicted molar refractivity (Wildman–Crippen MR) is 183 cm³/mol. The van der Waals surface area contributed by atoms with E-state index < -0.39 is 89.6 Å². The molecule has 1 aliphatic rings. The van der Waals surface area contributed by atoms with E-state index in [2.05, 4.69) is 37.2 Å². The normalized spacial score (nSPS) is 17.7. The maximum absolute atomic E-state index is 13.2. The lowest BCUT2D eigenvalue weighted by molar-refractivity contribution is -0.142. The molecule has 0 aliphatic carbocycles. The highest BCUT2D eigenvalue weighted by Crippen LogP contribution is 2.10. The number of amides is 7. The third kappa shape index (κ3) is 15.5. The molecule has 0 aromatic rings. The lowest BCUT2D eigenvalue weighted by Gasteiger charge is -2.27. The second-order valence-corrected chi connectivity index (χ2v) is 13.4. The Kier molecular flexibility index (Phi) is 19.0. The van der Waals surface area contributed by atoms with E-state index in [1.165, 1.54) is 13.8 Å². The smallest absolute Gasteiger partial charge is 0.326 e. The number of carbonyl (C=O) groups excluding carboxylic acids is 7. The lowest BCUT2D eigenvalue weighted by Crippen LogP contribution is -2.59. The molecule has 1 fully saturated rings. The van der Waals surface area contributed by atoms with Crippen LogP contribution >= 0.6 is 0 Å². The van der Waals surface area contributed by atoms with Crippen molar-refractivity contribution in [2.45, 2.75) is 129 Å². The van der Waals surface area contributed by atoms with Gasteiger partial charge in [0.25, 0.3) is 0 Å². The fourth-order valence-electron chi connectivity index (χ4n) is 5.15. The molecule has 12 N–H and O–H groups in total. The third-order valence-corrected chi connectivity index (χ3v) is 8.09. The van der Waals surface area contributed by atoms with Crippen molar-refractivity contribution in [3.05, 3.63) is 0 Å². The number of hydrogen-bond acceptors (Lipinski definition) is 10. The van der Waals surface area contributed by atoms with E-state index in [4.69, 9.17) is 11.5 Å². The molecule has 50 heavy (non-hydrogen) atoms. The number of aliphatic carboxylic acids is 1. The summed E-state index contributed by atoms with van der Waals surface area (Å²) in [6.07, 6.45) is 1.73. The van der Waals surface area contributed by atoms with E-state index in [-0.39, 0.29) is 37.6 Å². The van der Waals surface area contributed by atoms with Crippen LogP contribution in [0.15, 0.2) is 0 Å². The van der Waals surface area contributed by atoms with Gasteiger partial charge in [0.05, 0.1) is 6.04 Å². The van der Waals surface area contributed by atoms with Gasteiger partial charge in [-0.25, -0.2) is 4.79 Å². The van der Waals surface area contributed by atoms with Crippen molar-refractivity contribution < 1.29 is 43.5 Å². The van der Waals surface area contributed by atoms with Crippen LogP contribution in [0.3, 0.4) is 0 Å². The van der Waals surface area contributed by atoms with Crippen molar-refractivity contribution in [3.63, 3.8) is 0 Å². The summed E-state index contributed by atoms with van der Waals surface area (Å²) in [4.78, 5) is 101. The Morgan fingerprint density at radius 3 is 1.76 bits per heavy atom. The minimum absolute atomic E-state index is 0.0426. The molecule has 7 atom stereocenters. The lowest BCUT2D eigenvalue weighted by atomic mass is 10.0. The quantitative estimate of drug-likeness (QED) is 0.0559. The Balaban J connectivity index is 2.94. The van der Waals surface area contributed by atoms with E-state index in [9.17, 15) is 43.5 Å². The molecule has 18 heteroatoms. The number of hydrogen-bond donors (Lipinski definition) is 10. The molecule has 284 valence electrons. The van der Waals surface area contributed by atoms with Crippen molar-refractivity contribution in [1.29, 1.82) is 0 Å². The Morgan fingerprint density at radius 1 is 0.720 bits per heavy atom. The molecule has 0 aromatic heterocycles. The van der Waals surface area contributed by atoms with E-state index in [0.717, 1.165) is 6.42 Å². The SMILES string of the molecule is CC(C)C[C@H](NC(=O)[C@@H]1CCCN1)C(=O)N[C@@H](C)C(=O)N[C@@H](CCC(N)=O)C(=O)N[C@@H](C)C(=O)N[C@H](C(=O)N[C@@H](CCCN)C(=O)O)C(C)C. The highest BCUT2D eigenvalue weighted by Gasteiger charge is 2.33. The van der Waals surface area contributed by atoms with Gasteiger partial charge in [-0.05, 0) is 77.3 Å². The van der Waals surface area contributed by atoms with Gasteiger partial charge >= 0.3 is 5.97 Å². The molecule has 0 bridgehead atoms. The molecular weight excluding hydrogens is 654 g/mol. The molecule has 1 rings (SSSR count). The summed E-state index contributed by atoms with van der Waals surface area (Å²) in [5, 5.41) is 27.7. The number of carboxylic acid groups (broad SMARTS) is 1. The summed E-state index contributed by atoms with van der Waals surface area (Å²) in [5.41, 5.74) is 10.7. The molecular formula is C32H57N9O9. The van der Waals surface area contributed by atoms with E-state index in [1.807, 2.05) is 13.8 Å². The van der Waals surface area contributed by atoms with Crippen LogP contribution in [0.1, 0.15) is 86.5 Å². The summed E-state index contributed by atoms with van der Waals surface area (Å²) >= 11 is 0. The molecule has 18 nitrogen and oxygen atoms in total. The Labute approximate surface area is 293 Å². The third-order valence-electron chi connectivity index (χ3n) is 8.09. The van der Waals surface area contributed by atoms with Gasteiger partial charge in [-0.2, -0.15) is 0 Å². The van der Waals surface area contributed by atoms with Crippen LogP contribution in [-0.4, -0.2) is 108 Å². The first kappa shape index (κ1) is 43.7. The molecule has 0 unspecified atom stereocenters. The minimum Gasteiger partial charge on any atom is -0.480 e. The van der Waals surface area contributed by atoms with Gasteiger partial charge < -0.3 is 53.8 Å². The van der Waals surface area contributed by atoms with Gasteiger partial charge in [-0.15, -0.1) is 0 Å². The van der Waals surface area contributed by atoms with Crippen LogP contribution in [0.4, 0.5) is 0 Å². The number of primary amides is 1. The minimum atomic E-state index is -1.34.